The Hall–Kier alpha value is -0.560. The number of aliphatic hydroxyl groups excluding tert-OH is 8. The molecule has 0 bridgehead atoms. The smallest absolute Gasteiger partial charge is 0.187 e. The lowest BCUT2D eigenvalue weighted by Gasteiger charge is -2.61. The van der Waals surface area contributed by atoms with Crippen molar-refractivity contribution < 1.29 is 69.3 Å². The van der Waals surface area contributed by atoms with Gasteiger partial charge in [-0.1, -0.05) is 34.6 Å². The van der Waals surface area contributed by atoms with Crippen molar-refractivity contribution in [2.45, 2.75) is 178 Å². The zero-order chi connectivity index (χ0) is 39.1. The van der Waals surface area contributed by atoms with Gasteiger partial charge < -0.3 is 69.3 Å². The minimum Gasteiger partial charge on any atom is -0.394 e. The molecule has 7 rings (SSSR count). The highest BCUT2D eigenvalue weighted by Crippen LogP contribution is 2.71. The number of hydrogen-bond donors (Lipinski definition) is 8. The monoisotopic (exact) mass is 772 g/mol. The Balaban J connectivity index is 1.04. The summed E-state index contributed by atoms with van der Waals surface area (Å²) in [5.74, 6) is 1.58. The van der Waals surface area contributed by atoms with E-state index in [0.29, 0.717) is 30.1 Å². The summed E-state index contributed by atoms with van der Waals surface area (Å²) in [7, 11) is 1.76. The van der Waals surface area contributed by atoms with E-state index in [-0.39, 0.29) is 40.8 Å². The van der Waals surface area contributed by atoms with Crippen molar-refractivity contribution in [2.75, 3.05) is 20.3 Å². The molecule has 4 aliphatic carbocycles. The maximum Gasteiger partial charge on any atom is 0.187 e. The van der Waals surface area contributed by atoms with Gasteiger partial charge in [0.25, 0.3) is 0 Å². The van der Waals surface area contributed by atoms with Crippen molar-refractivity contribution in [1.82, 2.24) is 0 Å². The van der Waals surface area contributed by atoms with Crippen LogP contribution in [0.4, 0.5) is 0 Å². The first kappa shape index (κ1) is 41.6. The van der Waals surface area contributed by atoms with Crippen LogP contribution in [0, 0.1) is 52.3 Å². The van der Waals surface area contributed by atoms with Gasteiger partial charge >= 0.3 is 0 Å². The molecule has 0 aromatic rings. The molecular weight excluding hydrogens is 704 g/mol. The molecular formula is C40H68O14. The molecule has 14 heteroatoms. The van der Waals surface area contributed by atoms with Crippen LogP contribution in [0.25, 0.3) is 0 Å². The Kier molecular flexibility index (Phi) is 12.0. The molecule has 22 unspecified atom stereocenters. The average molecular weight is 773 g/mol. The largest absolute Gasteiger partial charge is 0.394 e. The van der Waals surface area contributed by atoms with Crippen molar-refractivity contribution in [1.29, 1.82) is 0 Å². The van der Waals surface area contributed by atoms with E-state index >= 15 is 0 Å². The Morgan fingerprint density at radius 3 is 2.02 bits per heavy atom. The number of aliphatic hydroxyl groups is 8. The Morgan fingerprint density at radius 2 is 1.37 bits per heavy atom. The first-order valence-electron chi connectivity index (χ1n) is 20.7. The Morgan fingerprint density at radius 1 is 0.722 bits per heavy atom. The number of ether oxygens (including phenoxy) is 6. The van der Waals surface area contributed by atoms with Gasteiger partial charge in [-0.2, -0.15) is 0 Å². The van der Waals surface area contributed by atoms with Gasteiger partial charge in [0.1, 0.15) is 48.8 Å². The fourth-order valence-electron chi connectivity index (χ4n) is 13.0. The van der Waals surface area contributed by atoms with E-state index in [1.165, 1.54) is 0 Å². The van der Waals surface area contributed by atoms with E-state index < -0.39 is 86.5 Å². The van der Waals surface area contributed by atoms with Gasteiger partial charge in [-0.3, -0.25) is 0 Å². The van der Waals surface area contributed by atoms with Crippen LogP contribution in [0.1, 0.15) is 92.4 Å². The quantitative estimate of drug-likeness (QED) is 0.146. The van der Waals surface area contributed by atoms with Crippen molar-refractivity contribution >= 4 is 0 Å². The second-order valence-corrected chi connectivity index (χ2v) is 19.0. The van der Waals surface area contributed by atoms with Gasteiger partial charge in [-0.25, -0.2) is 0 Å². The van der Waals surface area contributed by atoms with Crippen LogP contribution in [0.2, 0.25) is 0 Å². The summed E-state index contributed by atoms with van der Waals surface area (Å²) in [6.07, 6.45) is -7.60. The first-order chi connectivity index (χ1) is 25.5. The summed E-state index contributed by atoms with van der Waals surface area (Å²) in [5, 5.41) is 84.9. The molecule has 3 saturated heterocycles. The maximum absolute atomic E-state index is 12.2. The van der Waals surface area contributed by atoms with Crippen LogP contribution in [-0.4, -0.2) is 147 Å². The Bertz CT molecular complexity index is 1290. The molecule has 14 nitrogen and oxygen atoms in total. The minimum absolute atomic E-state index is 0.0323. The van der Waals surface area contributed by atoms with Gasteiger partial charge in [0.15, 0.2) is 18.4 Å². The first-order valence-corrected chi connectivity index (χ1v) is 20.7. The molecule has 22 atom stereocenters. The van der Waals surface area contributed by atoms with Crippen LogP contribution in [-0.2, 0) is 28.4 Å². The standard InChI is InChI=1S/C40H68O14/c1-18(2)9-14-40(49-6)19(3)26-34(54-40)30(45)27-22-8-7-20-15-21(10-12-38(20,4)23(22)11-13-39(26,27)5)50-37-35(32(47)29(44)25(17-42)52-37)53-36-33(48)31(46)28(43)24(16-41)51-36/h18-37,41-48H,7-17H2,1-6H3. The van der Waals surface area contributed by atoms with Crippen molar-refractivity contribution in [3.05, 3.63) is 0 Å². The van der Waals surface area contributed by atoms with E-state index in [2.05, 4.69) is 34.6 Å². The van der Waals surface area contributed by atoms with Crippen LogP contribution in [0.3, 0.4) is 0 Å². The second-order valence-electron chi connectivity index (χ2n) is 19.0. The minimum atomic E-state index is -1.73. The van der Waals surface area contributed by atoms with E-state index in [1.54, 1.807) is 7.11 Å². The molecule has 0 amide bonds. The maximum atomic E-state index is 12.2. The van der Waals surface area contributed by atoms with Crippen molar-refractivity contribution in [3.63, 3.8) is 0 Å². The summed E-state index contributed by atoms with van der Waals surface area (Å²) in [4.78, 5) is 0. The highest BCUT2D eigenvalue weighted by molar-refractivity contribution is 5.18. The van der Waals surface area contributed by atoms with Gasteiger partial charge in [-0.05, 0) is 91.8 Å². The van der Waals surface area contributed by atoms with E-state index in [4.69, 9.17) is 28.4 Å². The lowest BCUT2D eigenvalue weighted by molar-refractivity contribution is -0.373. The molecule has 8 N–H and O–H groups in total. The van der Waals surface area contributed by atoms with Crippen LogP contribution in [0.5, 0.6) is 0 Å². The van der Waals surface area contributed by atoms with E-state index in [1.807, 2.05) is 0 Å². The fourth-order valence-corrected chi connectivity index (χ4v) is 13.0. The SMILES string of the molecule is COC1(CCC(C)C)OC2C(O)C3C4CCC5CC(OC6OC(CO)C(O)C(O)C6OC6OC(CO)C(O)C(O)C6O)CCC5(C)C4CCC3(C)C2C1C. The predicted molar refractivity (Wildman–Crippen MR) is 191 cm³/mol. The molecule has 0 radical (unpaired) electrons. The molecule has 0 spiro atoms. The average Bonchev–Trinajstić information content (AvgIpc) is 3.57. The molecule has 0 aromatic heterocycles. The van der Waals surface area contributed by atoms with Crippen LogP contribution >= 0.6 is 0 Å². The molecule has 54 heavy (non-hydrogen) atoms. The molecule has 7 aliphatic rings. The molecule has 312 valence electrons. The zero-order valence-corrected chi connectivity index (χ0v) is 32.9. The Labute approximate surface area is 319 Å². The normalized spacial score (nSPS) is 55.9. The lowest BCUT2D eigenvalue weighted by atomic mass is 9.44. The molecule has 3 heterocycles. The summed E-state index contributed by atoms with van der Waals surface area (Å²) in [6, 6.07) is 0. The lowest BCUT2D eigenvalue weighted by Crippen LogP contribution is -2.65. The van der Waals surface area contributed by atoms with Gasteiger partial charge in [0.2, 0.25) is 0 Å². The molecule has 7 fully saturated rings. The molecule has 3 aliphatic heterocycles. The third kappa shape index (κ3) is 6.64. The summed E-state index contributed by atoms with van der Waals surface area (Å²) in [6.45, 7) is 10.3. The summed E-state index contributed by atoms with van der Waals surface area (Å²) < 4.78 is 37.0. The number of rotatable bonds is 10. The fraction of sp³-hybridized carbons (Fsp3) is 1.00. The number of methoxy groups -OCH3 is 1. The third-order valence-electron chi connectivity index (χ3n) is 16.0. The highest BCUT2D eigenvalue weighted by Gasteiger charge is 2.72. The van der Waals surface area contributed by atoms with Gasteiger partial charge in [0, 0.05) is 25.4 Å². The van der Waals surface area contributed by atoms with E-state index in [9.17, 15) is 40.9 Å². The predicted octanol–water partition coefficient (Wildman–Crippen LogP) is 1.05. The zero-order valence-electron chi connectivity index (χ0n) is 32.9. The number of hydrogen-bond acceptors (Lipinski definition) is 14. The van der Waals surface area contributed by atoms with Gasteiger partial charge in [0.05, 0.1) is 31.5 Å². The topological polar surface area (TPSA) is 217 Å². The van der Waals surface area contributed by atoms with Crippen LogP contribution in [0.15, 0.2) is 0 Å². The highest BCUT2D eigenvalue weighted by atomic mass is 16.8. The van der Waals surface area contributed by atoms with Crippen molar-refractivity contribution in [2.24, 2.45) is 52.3 Å². The molecule has 0 aromatic carbocycles. The second kappa shape index (κ2) is 15.6. The number of fused-ring (bicyclic) bond motifs is 7. The van der Waals surface area contributed by atoms with Gasteiger partial charge in [-0.15, -0.1) is 0 Å². The third-order valence-corrected chi connectivity index (χ3v) is 16.0. The molecule has 4 saturated carbocycles. The van der Waals surface area contributed by atoms with Crippen LogP contribution < -0.4 is 0 Å². The summed E-state index contributed by atoms with van der Waals surface area (Å²) >= 11 is 0. The van der Waals surface area contributed by atoms with E-state index in [0.717, 1.165) is 51.4 Å². The van der Waals surface area contributed by atoms with Crippen molar-refractivity contribution in [3.8, 4) is 0 Å². The summed E-state index contributed by atoms with van der Waals surface area (Å²) in [5.41, 5.74) is -0.0141.